The number of aromatic hydroxyl groups is 1. The number of carbonyl (C=O) groups excluding carboxylic acids is 1. The van der Waals surface area contributed by atoms with Crippen molar-refractivity contribution in [3.8, 4) is 5.75 Å². The van der Waals surface area contributed by atoms with Crippen LogP contribution in [0.4, 0.5) is 4.39 Å². The first-order valence-electron chi connectivity index (χ1n) is 5.24. The molecule has 0 atom stereocenters. The van der Waals surface area contributed by atoms with Crippen LogP contribution in [-0.4, -0.2) is 16.0 Å². The third kappa shape index (κ3) is 2.65. The highest BCUT2D eigenvalue weighted by Crippen LogP contribution is 2.17. The summed E-state index contributed by atoms with van der Waals surface area (Å²) >= 11 is 0. The number of oxazole rings is 1. The van der Waals surface area contributed by atoms with Crippen LogP contribution < -0.4 is 5.32 Å². The van der Waals surface area contributed by atoms with Gasteiger partial charge in [0.2, 0.25) is 5.89 Å². The summed E-state index contributed by atoms with van der Waals surface area (Å²) in [5, 5.41) is 11.9. The first kappa shape index (κ1) is 12.1. The molecule has 0 bridgehead atoms. The Hall–Kier alpha value is -2.37. The fourth-order valence-corrected chi connectivity index (χ4v) is 1.43. The number of amides is 1. The molecule has 6 heteroatoms. The highest BCUT2D eigenvalue weighted by molar-refractivity contribution is 5.96. The van der Waals surface area contributed by atoms with Gasteiger partial charge in [-0.25, -0.2) is 9.37 Å². The Morgan fingerprint density at radius 1 is 1.56 bits per heavy atom. The van der Waals surface area contributed by atoms with Gasteiger partial charge in [0, 0.05) is 6.07 Å². The molecule has 0 unspecified atom stereocenters. The van der Waals surface area contributed by atoms with E-state index in [9.17, 15) is 14.3 Å². The van der Waals surface area contributed by atoms with Gasteiger partial charge in [0.15, 0.2) is 0 Å². The molecule has 0 radical (unpaired) electrons. The van der Waals surface area contributed by atoms with Gasteiger partial charge in [-0.15, -0.1) is 0 Å². The second-order valence-corrected chi connectivity index (χ2v) is 3.71. The summed E-state index contributed by atoms with van der Waals surface area (Å²) < 4.78 is 17.9. The van der Waals surface area contributed by atoms with Crippen molar-refractivity contribution in [2.24, 2.45) is 0 Å². The van der Waals surface area contributed by atoms with Crippen LogP contribution in [0, 0.1) is 12.7 Å². The van der Waals surface area contributed by atoms with Crippen molar-refractivity contribution >= 4 is 5.91 Å². The zero-order chi connectivity index (χ0) is 13.1. The second kappa shape index (κ2) is 4.87. The standard InChI is InChI=1S/C12H11FN2O3/c1-7-5-14-11(18-7)6-15-12(17)9-3-2-8(13)4-10(9)16/h2-5,16H,6H2,1H3,(H,15,17). The van der Waals surface area contributed by atoms with Gasteiger partial charge < -0.3 is 14.8 Å². The van der Waals surface area contributed by atoms with Crippen molar-refractivity contribution in [3.05, 3.63) is 47.4 Å². The predicted octanol–water partition coefficient (Wildman–Crippen LogP) is 1.76. The van der Waals surface area contributed by atoms with E-state index in [1.165, 1.54) is 12.3 Å². The van der Waals surface area contributed by atoms with Crippen molar-refractivity contribution in [2.45, 2.75) is 13.5 Å². The largest absolute Gasteiger partial charge is 0.507 e. The van der Waals surface area contributed by atoms with E-state index in [-0.39, 0.29) is 12.1 Å². The van der Waals surface area contributed by atoms with Gasteiger partial charge in [-0.3, -0.25) is 4.79 Å². The van der Waals surface area contributed by atoms with E-state index in [0.29, 0.717) is 11.7 Å². The predicted molar refractivity (Wildman–Crippen MR) is 60.5 cm³/mol. The number of nitrogens with zero attached hydrogens (tertiary/aromatic N) is 1. The molecule has 2 N–H and O–H groups in total. The SMILES string of the molecule is Cc1cnc(CNC(=O)c2ccc(F)cc2O)o1. The van der Waals surface area contributed by atoms with Gasteiger partial charge in [0.05, 0.1) is 18.3 Å². The zero-order valence-corrected chi connectivity index (χ0v) is 9.61. The summed E-state index contributed by atoms with van der Waals surface area (Å²) in [6.45, 7) is 1.84. The fourth-order valence-electron chi connectivity index (χ4n) is 1.43. The van der Waals surface area contributed by atoms with Crippen LogP contribution in [0.15, 0.2) is 28.8 Å². The van der Waals surface area contributed by atoms with Gasteiger partial charge >= 0.3 is 0 Å². The molecule has 1 aromatic heterocycles. The minimum Gasteiger partial charge on any atom is -0.507 e. The van der Waals surface area contributed by atoms with E-state index >= 15 is 0 Å². The van der Waals surface area contributed by atoms with Crippen LogP contribution in [0.25, 0.3) is 0 Å². The van der Waals surface area contributed by atoms with Gasteiger partial charge in [0.25, 0.3) is 5.91 Å². The van der Waals surface area contributed by atoms with Gasteiger partial charge in [-0.05, 0) is 19.1 Å². The normalized spacial score (nSPS) is 10.3. The van der Waals surface area contributed by atoms with E-state index in [1.807, 2.05) is 0 Å². The van der Waals surface area contributed by atoms with E-state index < -0.39 is 17.5 Å². The van der Waals surface area contributed by atoms with E-state index in [0.717, 1.165) is 12.1 Å². The molecule has 0 spiro atoms. The number of hydrogen-bond donors (Lipinski definition) is 2. The molecule has 2 aromatic rings. The monoisotopic (exact) mass is 250 g/mol. The van der Waals surface area contributed by atoms with Crippen LogP contribution in [0.2, 0.25) is 0 Å². The maximum Gasteiger partial charge on any atom is 0.255 e. The van der Waals surface area contributed by atoms with Crippen molar-refractivity contribution in [3.63, 3.8) is 0 Å². The lowest BCUT2D eigenvalue weighted by Gasteiger charge is -2.04. The Balaban J connectivity index is 2.03. The molecule has 0 aliphatic heterocycles. The van der Waals surface area contributed by atoms with Crippen LogP contribution >= 0.6 is 0 Å². The average molecular weight is 250 g/mol. The maximum atomic E-state index is 12.7. The lowest BCUT2D eigenvalue weighted by atomic mass is 10.2. The van der Waals surface area contributed by atoms with E-state index in [2.05, 4.69) is 10.3 Å². The molecular formula is C12H11FN2O3. The summed E-state index contributed by atoms with van der Waals surface area (Å²) in [5.74, 6) is -0.529. The lowest BCUT2D eigenvalue weighted by molar-refractivity contribution is 0.0944. The molecule has 1 amide bonds. The third-order valence-corrected chi connectivity index (χ3v) is 2.27. The Morgan fingerprint density at radius 2 is 2.33 bits per heavy atom. The highest BCUT2D eigenvalue weighted by atomic mass is 19.1. The molecule has 0 saturated carbocycles. The molecule has 1 aromatic carbocycles. The fraction of sp³-hybridized carbons (Fsp3) is 0.167. The maximum absolute atomic E-state index is 12.7. The minimum absolute atomic E-state index is 0.000298. The third-order valence-electron chi connectivity index (χ3n) is 2.27. The van der Waals surface area contributed by atoms with E-state index in [1.54, 1.807) is 6.92 Å². The molecule has 5 nitrogen and oxygen atoms in total. The topological polar surface area (TPSA) is 75.4 Å². The molecular weight excluding hydrogens is 239 g/mol. The van der Waals surface area contributed by atoms with Crippen molar-refractivity contribution in [1.29, 1.82) is 0 Å². The Morgan fingerprint density at radius 3 is 2.94 bits per heavy atom. The van der Waals surface area contributed by atoms with Crippen molar-refractivity contribution in [2.75, 3.05) is 0 Å². The summed E-state index contributed by atoms with van der Waals surface area (Å²) in [7, 11) is 0. The molecule has 2 rings (SSSR count). The number of nitrogens with one attached hydrogen (secondary N) is 1. The minimum atomic E-state index is -0.604. The molecule has 0 aliphatic carbocycles. The quantitative estimate of drug-likeness (QED) is 0.870. The number of aromatic nitrogens is 1. The Bertz CT molecular complexity index is 580. The van der Waals surface area contributed by atoms with Gasteiger partial charge in [-0.2, -0.15) is 0 Å². The molecule has 18 heavy (non-hydrogen) atoms. The molecule has 0 fully saturated rings. The summed E-state index contributed by atoms with van der Waals surface area (Å²) in [6, 6.07) is 3.19. The van der Waals surface area contributed by atoms with Crippen LogP contribution in [-0.2, 0) is 6.54 Å². The Kier molecular flexibility index (Phi) is 3.27. The molecule has 94 valence electrons. The first-order valence-corrected chi connectivity index (χ1v) is 5.24. The first-order chi connectivity index (χ1) is 8.56. The number of carbonyl (C=O) groups is 1. The highest BCUT2D eigenvalue weighted by Gasteiger charge is 2.12. The van der Waals surface area contributed by atoms with Gasteiger partial charge in [-0.1, -0.05) is 0 Å². The summed E-state index contributed by atoms with van der Waals surface area (Å²) in [4.78, 5) is 15.6. The second-order valence-electron chi connectivity index (χ2n) is 3.71. The Labute approximate surface area is 102 Å². The van der Waals surface area contributed by atoms with E-state index in [4.69, 9.17) is 4.42 Å². The van der Waals surface area contributed by atoms with Crippen molar-refractivity contribution in [1.82, 2.24) is 10.3 Å². The molecule has 0 saturated heterocycles. The molecule has 1 heterocycles. The zero-order valence-electron chi connectivity index (χ0n) is 9.61. The number of hydrogen-bond acceptors (Lipinski definition) is 4. The van der Waals surface area contributed by atoms with Crippen LogP contribution in [0.3, 0.4) is 0 Å². The average Bonchev–Trinajstić information content (AvgIpc) is 2.72. The number of halogens is 1. The number of benzene rings is 1. The molecule has 0 aliphatic rings. The summed E-state index contributed by atoms with van der Waals surface area (Å²) in [5.41, 5.74) is -0.000298. The number of phenols is 1. The van der Waals surface area contributed by atoms with Gasteiger partial charge in [0.1, 0.15) is 17.3 Å². The smallest absolute Gasteiger partial charge is 0.255 e. The summed E-state index contributed by atoms with van der Waals surface area (Å²) in [6.07, 6.45) is 1.54. The van der Waals surface area contributed by atoms with Crippen LogP contribution in [0.5, 0.6) is 5.75 Å². The van der Waals surface area contributed by atoms with Crippen LogP contribution in [0.1, 0.15) is 22.0 Å². The van der Waals surface area contributed by atoms with Crippen molar-refractivity contribution < 1.29 is 18.7 Å². The number of aryl methyl sites for hydroxylation is 1. The number of phenolic OH excluding ortho intramolecular Hbond substituents is 1. The lowest BCUT2D eigenvalue weighted by Crippen LogP contribution is -2.23. The number of rotatable bonds is 3.